The second-order valence-corrected chi connectivity index (χ2v) is 9.79. The molecule has 12 heteroatoms. The van der Waals surface area contributed by atoms with Crippen LogP contribution in [0.25, 0.3) is 5.69 Å². The van der Waals surface area contributed by atoms with Crippen molar-refractivity contribution >= 4 is 52.5 Å². The van der Waals surface area contributed by atoms with Crippen LogP contribution in [0.15, 0.2) is 78.0 Å². The minimum atomic E-state index is -0.368. The Hall–Kier alpha value is -3.73. The lowest BCUT2D eigenvalue weighted by Gasteiger charge is -2.12. The van der Waals surface area contributed by atoms with Crippen LogP contribution in [-0.2, 0) is 16.1 Å². The summed E-state index contributed by atoms with van der Waals surface area (Å²) in [6, 6.07) is 21.4. The van der Waals surface area contributed by atoms with Crippen molar-refractivity contribution in [2.24, 2.45) is 0 Å². The summed E-state index contributed by atoms with van der Waals surface area (Å²) < 4.78 is 12.7. The van der Waals surface area contributed by atoms with Crippen molar-refractivity contribution in [3.63, 3.8) is 0 Å². The number of thioether (sulfide) groups is 1. The molecule has 0 aliphatic heterocycles. The molecule has 4 aromatic rings. The van der Waals surface area contributed by atoms with Crippen molar-refractivity contribution in [1.82, 2.24) is 20.1 Å². The molecule has 0 spiro atoms. The predicted molar refractivity (Wildman–Crippen MR) is 152 cm³/mol. The molecule has 0 fully saturated rings. The van der Waals surface area contributed by atoms with E-state index in [9.17, 15) is 9.59 Å². The van der Waals surface area contributed by atoms with Gasteiger partial charge in [-0.05, 0) is 61.5 Å². The molecule has 0 atom stereocenters. The first kappa shape index (κ1) is 28.3. The standard InChI is InChI=1S/C27H25Cl2N5O4S/c1-2-37-21-11-9-19(10-12-21)31-26(36)17-39-27-33-32-24(34(27)20-6-4-3-5-7-20)15-30-25(35)16-38-23-13-8-18(28)14-22(23)29/h3-14H,2,15-17H2,1H3,(H,30,35)(H,31,36). The van der Waals surface area contributed by atoms with E-state index in [1.54, 1.807) is 41.0 Å². The molecule has 0 saturated heterocycles. The Morgan fingerprint density at radius 1 is 0.949 bits per heavy atom. The molecule has 0 unspecified atom stereocenters. The number of nitrogens with zero attached hydrogens (tertiary/aromatic N) is 3. The zero-order chi connectivity index (χ0) is 27.6. The van der Waals surface area contributed by atoms with E-state index in [1.807, 2.05) is 37.3 Å². The summed E-state index contributed by atoms with van der Waals surface area (Å²) in [6.07, 6.45) is 0. The molecule has 202 valence electrons. The van der Waals surface area contributed by atoms with Gasteiger partial charge in [0.05, 0.1) is 23.9 Å². The lowest BCUT2D eigenvalue weighted by molar-refractivity contribution is -0.123. The summed E-state index contributed by atoms with van der Waals surface area (Å²) in [4.78, 5) is 25.0. The summed E-state index contributed by atoms with van der Waals surface area (Å²) in [6.45, 7) is 2.34. The van der Waals surface area contributed by atoms with Crippen LogP contribution in [0.2, 0.25) is 10.0 Å². The van der Waals surface area contributed by atoms with Gasteiger partial charge < -0.3 is 20.1 Å². The number of carbonyl (C=O) groups excluding carboxylic acids is 2. The number of amides is 2. The number of anilines is 1. The molecule has 1 heterocycles. The van der Waals surface area contributed by atoms with Crippen molar-refractivity contribution in [1.29, 1.82) is 0 Å². The molecule has 3 aromatic carbocycles. The molecule has 9 nitrogen and oxygen atoms in total. The van der Waals surface area contributed by atoms with E-state index < -0.39 is 0 Å². The molecular formula is C27H25Cl2N5O4S. The zero-order valence-corrected chi connectivity index (χ0v) is 23.2. The Labute approximate surface area is 239 Å². The van der Waals surface area contributed by atoms with Crippen molar-refractivity contribution in [2.45, 2.75) is 18.6 Å². The van der Waals surface area contributed by atoms with Crippen LogP contribution in [0.3, 0.4) is 0 Å². The molecule has 0 saturated carbocycles. The fourth-order valence-electron chi connectivity index (χ4n) is 3.44. The van der Waals surface area contributed by atoms with Crippen LogP contribution < -0.4 is 20.1 Å². The number of ether oxygens (including phenoxy) is 2. The maximum Gasteiger partial charge on any atom is 0.258 e. The van der Waals surface area contributed by atoms with Gasteiger partial charge in [0.15, 0.2) is 17.6 Å². The minimum Gasteiger partial charge on any atom is -0.494 e. The summed E-state index contributed by atoms with van der Waals surface area (Å²) in [5, 5.41) is 15.4. The van der Waals surface area contributed by atoms with Gasteiger partial charge in [-0.1, -0.05) is 53.2 Å². The van der Waals surface area contributed by atoms with Gasteiger partial charge in [0, 0.05) is 16.4 Å². The fourth-order valence-corrected chi connectivity index (χ4v) is 4.67. The molecule has 4 rings (SSSR count). The van der Waals surface area contributed by atoms with Crippen LogP contribution in [0.4, 0.5) is 5.69 Å². The van der Waals surface area contributed by atoms with Crippen LogP contribution in [-0.4, -0.2) is 45.5 Å². The van der Waals surface area contributed by atoms with Gasteiger partial charge in [0.1, 0.15) is 11.5 Å². The van der Waals surface area contributed by atoms with Gasteiger partial charge in [-0.3, -0.25) is 14.2 Å². The molecule has 2 amide bonds. The summed E-state index contributed by atoms with van der Waals surface area (Å²) in [5.41, 5.74) is 1.46. The highest BCUT2D eigenvalue weighted by atomic mass is 35.5. The number of hydrogen-bond acceptors (Lipinski definition) is 7. The average Bonchev–Trinajstić information content (AvgIpc) is 3.35. The van der Waals surface area contributed by atoms with E-state index in [-0.39, 0.29) is 30.7 Å². The number of para-hydroxylation sites is 1. The second-order valence-electron chi connectivity index (χ2n) is 8.00. The zero-order valence-electron chi connectivity index (χ0n) is 20.9. The van der Waals surface area contributed by atoms with E-state index in [4.69, 9.17) is 32.7 Å². The van der Waals surface area contributed by atoms with Crippen LogP contribution >= 0.6 is 35.0 Å². The van der Waals surface area contributed by atoms with Crippen molar-refractivity contribution < 1.29 is 19.1 Å². The first-order valence-electron chi connectivity index (χ1n) is 11.9. The predicted octanol–water partition coefficient (Wildman–Crippen LogP) is 5.40. The molecule has 2 N–H and O–H groups in total. The number of rotatable bonds is 12. The number of nitrogens with one attached hydrogen (secondary N) is 2. The first-order chi connectivity index (χ1) is 18.9. The number of halogens is 2. The maximum atomic E-state index is 12.6. The number of aromatic nitrogens is 3. The highest BCUT2D eigenvalue weighted by molar-refractivity contribution is 7.99. The highest BCUT2D eigenvalue weighted by Crippen LogP contribution is 2.27. The van der Waals surface area contributed by atoms with E-state index in [0.29, 0.717) is 39.1 Å². The van der Waals surface area contributed by atoms with Crippen molar-refractivity contribution in [3.05, 3.63) is 88.7 Å². The Bertz CT molecular complexity index is 1420. The topological polar surface area (TPSA) is 107 Å². The summed E-state index contributed by atoms with van der Waals surface area (Å²) in [5.74, 6) is 1.13. The molecular weight excluding hydrogens is 561 g/mol. The van der Waals surface area contributed by atoms with Crippen molar-refractivity contribution in [2.75, 3.05) is 24.3 Å². The normalized spacial score (nSPS) is 10.6. The molecule has 1 aromatic heterocycles. The van der Waals surface area contributed by atoms with Crippen LogP contribution in [0.1, 0.15) is 12.7 Å². The van der Waals surface area contributed by atoms with Gasteiger partial charge in [0.2, 0.25) is 5.91 Å². The molecule has 0 radical (unpaired) electrons. The first-order valence-corrected chi connectivity index (χ1v) is 13.7. The molecule has 0 aliphatic rings. The number of carbonyl (C=O) groups is 2. The SMILES string of the molecule is CCOc1ccc(NC(=O)CSc2nnc(CNC(=O)COc3ccc(Cl)cc3Cl)n2-c2ccccc2)cc1. The van der Waals surface area contributed by atoms with E-state index in [0.717, 1.165) is 11.4 Å². The van der Waals surface area contributed by atoms with Crippen LogP contribution in [0.5, 0.6) is 11.5 Å². The van der Waals surface area contributed by atoms with Crippen LogP contribution in [0, 0.1) is 0 Å². The molecule has 0 aliphatic carbocycles. The smallest absolute Gasteiger partial charge is 0.258 e. The third-order valence-corrected chi connectivity index (χ3v) is 6.65. The molecule has 39 heavy (non-hydrogen) atoms. The van der Waals surface area contributed by atoms with Gasteiger partial charge in [-0.15, -0.1) is 10.2 Å². The fraction of sp³-hybridized carbons (Fsp3) is 0.185. The molecule has 0 bridgehead atoms. The minimum absolute atomic E-state index is 0.0946. The monoisotopic (exact) mass is 585 g/mol. The van der Waals surface area contributed by atoms with Gasteiger partial charge in [-0.25, -0.2) is 0 Å². The third kappa shape index (κ3) is 8.13. The van der Waals surface area contributed by atoms with Crippen molar-refractivity contribution in [3.8, 4) is 17.2 Å². The highest BCUT2D eigenvalue weighted by Gasteiger charge is 2.17. The second kappa shape index (κ2) is 13.9. The summed E-state index contributed by atoms with van der Waals surface area (Å²) >= 11 is 13.2. The van der Waals surface area contributed by atoms with Gasteiger partial charge >= 0.3 is 0 Å². The number of benzene rings is 3. The van der Waals surface area contributed by atoms with E-state index in [1.165, 1.54) is 17.8 Å². The maximum absolute atomic E-state index is 12.6. The Morgan fingerprint density at radius 3 is 2.44 bits per heavy atom. The third-order valence-electron chi connectivity index (χ3n) is 5.19. The van der Waals surface area contributed by atoms with Gasteiger partial charge in [0.25, 0.3) is 5.91 Å². The lowest BCUT2D eigenvalue weighted by Crippen LogP contribution is -2.29. The lowest BCUT2D eigenvalue weighted by atomic mass is 10.3. The summed E-state index contributed by atoms with van der Waals surface area (Å²) in [7, 11) is 0. The Morgan fingerprint density at radius 2 is 1.72 bits per heavy atom. The van der Waals surface area contributed by atoms with E-state index >= 15 is 0 Å². The Balaban J connectivity index is 1.37. The largest absolute Gasteiger partial charge is 0.494 e. The quantitative estimate of drug-likeness (QED) is 0.214. The Kier molecular flexibility index (Phi) is 10.1. The van der Waals surface area contributed by atoms with E-state index in [2.05, 4.69) is 20.8 Å². The average molecular weight is 587 g/mol. The van der Waals surface area contributed by atoms with Gasteiger partial charge in [-0.2, -0.15) is 0 Å². The number of hydrogen-bond donors (Lipinski definition) is 2.